The summed E-state index contributed by atoms with van der Waals surface area (Å²) in [6.07, 6.45) is 0.567. The van der Waals surface area contributed by atoms with Gasteiger partial charge in [0.2, 0.25) is 0 Å². The molecule has 0 aromatic rings. The molecule has 6 heteroatoms. The van der Waals surface area contributed by atoms with Crippen molar-refractivity contribution in [1.29, 1.82) is 0 Å². The first-order valence-electron chi connectivity index (χ1n) is 5.91. The Labute approximate surface area is 101 Å². The largest absolute Gasteiger partial charge is 0.481 e. The Morgan fingerprint density at radius 3 is 2.82 bits per heavy atom. The van der Waals surface area contributed by atoms with E-state index >= 15 is 0 Å². The number of nitrogens with zero attached hydrogens (tertiary/aromatic N) is 1. The molecule has 0 saturated carbocycles. The standard InChI is InChI=1S/C11H20N2O4/c1-3-9(6-10(14)15)12-11(16)13-4-5-17-7-8(13)2/h8-9H,3-7H2,1-2H3,(H,12,16)(H,14,15). The van der Waals surface area contributed by atoms with E-state index in [4.69, 9.17) is 9.84 Å². The average molecular weight is 244 g/mol. The molecule has 0 bridgehead atoms. The molecule has 1 saturated heterocycles. The Kier molecular flexibility index (Phi) is 5.21. The van der Waals surface area contributed by atoms with Crippen LogP contribution in [0.4, 0.5) is 4.79 Å². The SMILES string of the molecule is CCC(CC(=O)O)NC(=O)N1CCOCC1C. The third-order valence-corrected chi connectivity index (χ3v) is 2.87. The van der Waals surface area contributed by atoms with E-state index < -0.39 is 5.97 Å². The van der Waals surface area contributed by atoms with E-state index in [1.165, 1.54) is 0 Å². The molecule has 2 N–H and O–H groups in total. The van der Waals surface area contributed by atoms with Crippen molar-refractivity contribution in [2.45, 2.75) is 38.8 Å². The molecular weight excluding hydrogens is 224 g/mol. The number of hydrogen-bond donors (Lipinski definition) is 2. The summed E-state index contributed by atoms with van der Waals surface area (Å²) in [5.41, 5.74) is 0. The molecule has 1 rings (SSSR count). The predicted molar refractivity (Wildman–Crippen MR) is 61.9 cm³/mol. The van der Waals surface area contributed by atoms with E-state index in [0.717, 1.165) is 0 Å². The molecule has 0 aromatic heterocycles. The van der Waals surface area contributed by atoms with E-state index in [1.54, 1.807) is 4.90 Å². The first kappa shape index (κ1) is 13.8. The fourth-order valence-electron chi connectivity index (χ4n) is 1.79. The Morgan fingerprint density at radius 2 is 2.29 bits per heavy atom. The van der Waals surface area contributed by atoms with Gasteiger partial charge < -0.3 is 20.1 Å². The zero-order valence-corrected chi connectivity index (χ0v) is 10.3. The second-order valence-corrected chi connectivity index (χ2v) is 4.27. The quantitative estimate of drug-likeness (QED) is 0.762. The lowest BCUT2D eigenvalue weighted by molar-refractivity contribution is -0.137. The van der Waals surface area contributed by atoms with Crippen molar-refractivity contribution in [3.63, 3.8) is 0 Å². The highest BCUT2D eigenvalue weighted by Gasteiger charge is 2.25. The van der Waals surface area contributed by atoms with Gasteiger partial charge in [0.05, 0.1) is 25.7 Å². The number of amides is 2. The van der Waals surface area contributed by atoms with Crippen LogP contribution in [0.3, 0.4) is 0 Å². The molecule has 2 atom stereocenters. The molecule has 1 heterocycles. The fraction of sp³-hybridized carbons (Fsp3) is 0.818. The van der Waals surface area contributed by atoms with Gasteiger partial charge in [0.1, 0.15) is 0 Å². The lowest BCUT2D eigenvalue weighted by Crippen LogP contribution is -2.53. The molecule has 17 heavy (non-hydrogen) atoms. The number of ether oxygens (including phenoxy) is 1. The summed E-state index contributed by atoms with van der Waals surface area (Å²) in [6, 6.07) is -0.477. The Balaban J connectivity index is 2.48. The molecule has 0 radical (unpaired) electrons. The van der Waals surface area contributed by atoms with Gasteiger partial charge in [0, 0.05) is 12.6 Å². The van der Waals surface area contributed by atoms with Gasteiger partial charge in [-0.1, -0.05) is 6.92 Å². The summed E-state index contributed by atoms with van der Waals surface area (Å²) in [6.45, 7) is 5.39. The average Bonchev–Trinajstić information content (AvgIpc) is 2.27. The van der Waals surface area contributed by atoms with Crippen LogP contribution in [-0.4, -0.2) is 53.8 Å². The third kappa shape index (κ3) is 4.22. The van der Waals surface area contributed by atoms with Crippen LogP contribution in [0.5, 0.6) is 0 Å². The molecule has 1 aliphatic rings. The Hall–Kier alpha value is -1.30. The predicted octanol–water partition coefficient (Wildman–Crippen LogP) is 0.670. The van der Waals surface area contributed by atoms with Gasteiger partial charge >= 0.3 is 12.0 Å². The molecule has 1 fully saturated rings. The molecule has 6 nitrogen and oxygen atoms in total. The zero-order valence-electron chi connectivity index (χ0n) is 10.3. The number of carbonyl (C=O) groups is 2. The molecule has 1 aliphatic heterocycles. The lowest BCUT2D eigenvalue weighted by Gasteiger charge is -2.34. The van der Waals surface area contributed by atoms with E-state index in [9.17, 15) is 9.59 Å². The van der Waals surface area contributed by atoms with Gasteiger partial charge in [0.25, 0.3) is 0 Å². The summed E-state index contributed by atoms with van der Waals surface area (Å²) < 4.78 is 5.24. The van der Waals surface area contributed by atoms with Crippen LogP contribution in [0, 0.1) is 0 Å². The number of carbonyl (C=O) groups excluding carboxylic acids is 1. The number of nitrogens with one attached hydrogen (secondary N) is 1. The Bertz CT molecular complexity index is 283. The zero-order chi connectivity index (χ0) is 12.8. The topological polar surface area (TPSA) is 78.9 Å². The first-order valence-corrected chi connectivity index (χ1v) is 5.91. The fourth-order valence-corrected chi connectivity index (χ4v) is 1.79. The minimum Gasteiger partial charge on any atom is -0.481 e. The molecule has 2 amide bonds. The monoisotopic (exact) mass is 244 g/mol. The van der Waals surface area contributed by atoms with Crippen LogP contribution in [0.2, 0.25) is 0 Å². The van der Waals surface area contributed by atoms with Gasteiger partial charge in [-0.05, 0) is 13.3 Å². The molecule has 2 unspecified atom stereocenters. The van der Waals surface area contributed by atoms with Crippen molar-refractivity contribution in [2.75, 3.05) is 19.8 Å². The molecule has 0 aliphatic carbocycles. The first-order chi connectivity index (χ1) is 8.04. The van der Waals surface area contributed by atoms with E-state index in [0.29, 0.717) is 26.2 Å². The summed E-state index contributed by atoms with van der Waals surface area (Å²) in [4.78, 5) is 24.2. The van der Waals surface area contributed by atoms with Crippen molar-refractivity contribution >= 4 is 12.0 Å². The van der Waals surface area contributed by atoms with Crippen LogP contribution in [0.15, 0.2) is 0 Å². The van der Waals surface area contributed by atoms with Gasteiger partial charge in [-0.25, -0.2) is 4.79 Å². The molecule has 0 aromatic carbocycles. The lowest BCUT2D eigenvalue weighted by atomic mass is 10.1. The number of rotatable bonds is 4. The number of morpholine rings is 1. The maximum Gasteiger partial charge on any atom is 0.318 e. The van der Waals surface area contributed by atoms with Crippen LogP contribution < -0.4 is 5.32 Å². The number of urea groups is 1. The van der Waals surface area contributed by atoms with Crippen molar-refractivity contribution in [3.8, 4) is 0 Å². The highest BCUT2D eigenvalue weighted by Crippen LogP contribution is 2.07. The second-order valence-electron chi connectivity index (χ2n) is 4.27. The summed E-state index contributed by atoms with van der Waals surface area (Å²) in [5, 5.41) is 11.5. The minimum atomic E-state index is -0.896. The number of aliphatic carboxylic acids is 1. The van der Waals surface area contributed by atoms with Gasteiger partial charge in [-0.2, -0.15) is 0 Å². The van der Waals surface area contributed by atoms with Crippen LogP contribution >= 0.6 is 0 Å². The highest BCUT2D eigenvalue weighted by atomic mass is 16.5. The third-order valence-electron chi connectivity index (χ3n) is 2.87. The van der Waals surface area contributed by atoms with Gasteiger partial charge in [-0.15, -0.1) is 0 Å². The summed E-state index contributed by atoms with van der Waals surface area (Å²) in [7, 11) is 0. The second kappa shape index (κ2) is 6.44. The van der Waals surface area contributed by atoms with Crippen molar-refractivity contribution < 1.29 is 19.4 Å². The van der Waals surface area contributed by atoms with Crippen molar-refractivity contribution in [2.24, 2.45) is 0 Å². The van der Waals surface area contributed by atoms with Gasteiger partial charge in [0.15, 0.2) is 0 Å². The smallest absolute Gasteiger partial charge is 0.318 e. The highest BCUT2D eigenvalue weighted by molar-refractivity contribution is 5.76. The molecule has 0 spiro atoms. The van der Waals surface area contributed by atoms with E-state index in [2.05, 4.69) is 5.32 Å². The van der Waals surface area contributed by atoms with Crippen LogP contribution in [0.25, 0.3) is 0 Å². The maximum atomic E-state index is 11.9. The Morgan fingerprint density at radius 1 is 1.59 bits per heavy atom. The van der Waals surface area contributed by atoms with Crippen molar-refractivity contribution in [1.82, 2.24) is 10.2 Å². The summed E-state index contributed by atoms with van der Waals surface area (Å²) in [5.74, 6) is -0.896. The number of hydrogen-bond acceptors (Lipinski definition) is 3. The number of carboxylic acids is 1. The summed E-state index contributed by atoms with van der Waals surface area (Å²) >= 11 is 0. The van der Waals surface area contributed by atoms with Crippen LogP contribution in [-0.2, 0) is 9.53 Å². The van der Waals surface area contributed by atoms with E-state index in [-0.39, 0.29) is 24.5 Å². The molecular formula is C11H20N2O4. The maximum absolute atomic E-state index is 11.9. The van der Waals surface area contributed by atoms with Crippen molar-refractivity contribution in [3.05, 3.63) is 0 Å². The number of carboxylic acid groups (broad SMARTS) is 1. The van der Waals surface area contributed by atoms with Gasteiger partial charge in [-0.3, -0.25) is 4.79 Å². The van der Waals surface area contributed by atoms with E-state index in [1.807, 2.05) is 13.8 Å². The normalized spacial score (nSPS) is 22.0. The van der Waals surface area contributed by atoms with Crippen LogP contribution in [0.1, 0.15) is 26.7 Å². The minimum absolute atomic E-state index is 0.0334. The molecule has 98 valence electrons.